The summed E-state index contributed by atoms with van der Waals surface area (Å²) in [4.78, 5) is 16.7. The van der Waals surface area contributed by atoms with Crippen LogP contribution in [0.2, 0.25) is 0 Å². The fourth-order valence-corrected chi connectivity index (χ4v) is 3.76. The molecule has 31 heavy (non-hydrogen) atoms. The summed E-state index contributed by atoms with van der Waals surface area (Å²) in [6, 6.07) is 11.0. The first-order valence-electron chi connectivity index (χ1n) is 9.30. The number of unbranched alkanes of at least 4 members (excludes halogenated alkanes) is 1. The van der Waals surface area contributed by atoms with Gasteiger partial charge in [0.1, 0.15) is 5.65 Å². The molecule has 0 saturated carbocycles. The lowest BCUT2D eigenvalue weighted by Gasteiger charge is -2.08. The molecule has 0 saturated heterocycles. The number of nitrogens with one attached hydrogen (secondary N) is 2. The highest BCUT2D eigenvalue weighted by Gasteiger charge is 2.38. The van der Waals surface area contributed by atoms with E-state index in [1.807, 2.05) is 32.0 Å². The first kappa shape index (κ1) is 24.4. The van der Waals surface area contributed by atoms with Gasteiger partial charge in [0.2, 0.25) is 10.0 Å². The molecule has 3 rings (SSSR count). The average molecular weight is 457 g/mol. The first-order valence-corrected chi connectivity index (χ1v) is 10.8. The Labute approximate surface area is 177 Å². The molecule has 0 unspecified atom stereocenters. The molecule has 0 amide bonds. The quantitative estimate of drug-likeness (QED) is 0.479. The second-order valence-corrected chi connectivity index (χ2v) is 8.42. The molecular formula is C20H22F3N3O4S. The number of benzene rings is 1. The zero-order valence-electron chi connectivity index (χ0n) is 16.8. The number of H-pyrrole nitrogens is 1. The predicted molar refractivity (Wildman–Crippen MR) is 110 cm³/mol. The Morgan fingerprint density at radius 1 is 1.19 bits per heavy atom. The average Bonchev–Trinajstić information content (AvgIpc) is 3.08. The van der Waals surface area contributed by atoms with E-state index >= 15 is 0 Å². The van der Waals surface area contributed by atoms with Crippen LogP contribution < -0.4 is 4.72 Å². The molecule has 0 spiro atoms. The lowest BCUT2D eigenvalue weighted by Crippen LogP contribution is -2.24. The molecule has 3 aromatic rings. The molecule has 2 heterocycles. The molecular weight excluding hydrogens is 435 g/mol. The van der Waals surface area contributed by atoms with E-state index in [0.29, 0.717) is 6.54 Å². The Hall–Kier alpha value is -2.92. The third-order valence-corrected chi connectivity index (χ3v) is 5.68. The number of hydrogen-bond acceptors (Lipinski definition) is 4. The number of sulfonamides is 1. The van der Waals surface area contributed by atoms with E-state index in [0.717, 1.165) is 40.7 Å². The normalized spacial score (nSPS) is 11.8. The maximum Gasteiger partial charge on any atom is 0.490 e. The van der Waals surface area contributed by atoms with Crippen molar-refractivity contribution in [3.8, 4) is 11.1 Å². The van der Waals surface area contributed by atoms with Crippen molar-refractivity contribution in [1.82, 2.24) is 14.7 Å². The highest BCUT2D eigenvalue weighted by atomic mass is 32.2. The van der Waals surface area contributed by atoms with Crippen LogP contribution in [0.15, 0.2) is 47.5 Å². The van der Waals surface area contributed by atoms with Gasteiger partial charge in [0.15, 0.2) is 0 Å². The fourth-order valence-electron chi connectivity index (χ4n) is 2.69. The van der Waals surface area contributed by atoms with Gasteiger partial charge in [0.25, 0.3) is 0 Å². The van der Waals surface area contributed by atoms with Crippen molar-refractivity contribution < 1.29 is 31.5 Å². The third kappa shape index (κ3) is 6.53. The zero-order chi connectivity index (χ0) is 23.2. The van der Waals surface area contributed by atoms with Crippen LogP contribution in [-0.2, 0) is 14.8 Å². The molecule has 2 aromatic heterocycles. The summed E-state index contributed by atoms with van der Waals surface area (Å²) in [5, 5.41) is 8.16. The number of pyridine rings is 1. The molecule has 0 fully saturated rings. The number of carboxylic acids is 1. The van der Waals surface area contributed by atoms with E-state index in [-0.39, 0.29) is 4.90 Å². The van der Waals surface area contributed by atoms with Gasteiger partial charge in [0.05, 0.1) is 4.90 Å². The van der Waals surface area contributed by atoms with Crippen molar-refractivity contribution in [3.05, 3.63) is 48.3 Å². The molecule has 7 nitrogen and oxygen atoms in total. The highest BCUT2D eigenvalue weighted by molar-refractivity contribution is 7.89. The minimum absolute atomic E-state index is 0.290. The summed E-state index contributed by atoms with van der Waals surface area (Å²) < 4.78 is 58.9. The Morgan fingerprint density at radius 3 is 2.35 bits per heavy atom. The Balaban J connectivity index is 0.000000423. The van der Waals surface area contributed by atoms with E-state index in [4.69, 9.17) is 9.90 Å². The SMILES string of the molecule is CCCCNS(=O)(=O)c1ccc(-c2ccnc3[nH]c(C)cc23)cc1.O=C(O)C(F)(F)F. The van der Waals surface area contributed by atoms with Gasteiger partial charge in [-0.2, -0.15) is 13.2 Å². The summed E-state index contributed by atoms with van der Waals surface area (Å²) in [6.45, 7) is 4.48. The Bertz CT molecular complexity index is 1140. The van der Waals surface area contributed by atoms with E-state index in [9.17, 15) is 21.6 Å². The Kier molecular flexibility index (Phi) is 7.80. The summed E-state index contributed by atoms with van der Waals surface area (Å²) in [5.41, 5.74) is 3.88. The van der Waals surface area contributed by atoms with Gasteiger partial charge in [-0.3, -0.25) is 0 Å². The molecule has 11 heteroatoms. The second kappa shape index (κ2) is 9.92. The standard InChI is InChI=1S/C18H21N3O2S.C2HF3O2/c1-3-4-10-20-24(22,23)15-7-5-14(6-8-15)16-9-11-19-18-17(16)12-13(2)21-18;3-2(4,5)1(6)7/h5-9,11-12,20H,3-4,10H2,1-2H3,(H,19,21);(H,6,7). The van der Waals surface area contributed by atoms with Crippen LogP contribution in [0.3, 0.4) is 0 Å². The van der Waals surface area contributed by atoms with Gasteiger partial charge in [0, 0.05) is 23.8 Å². The number of aromatic nitrogens is 2. The van der Waals surface area contributed by atoms with Crippen molar-refractivity contribution >= 4 is 27.0 Å². The zero-order valence-corrected chi connectivity index (χ0v) is 17.6. The van der Waals surface area contributed by atoms with E-state index in [2.05, 4.69) is 20.8 Å². The molecule has 0 atom stereocenters. The predicted octanol–water partition coefficient (Wildman–Crippen LogP) is 4.25. The first-order chi connectivity index (χ1) is 14.5. The highest BCUT2D eigenvalue weighted by Crippen LogP contribution is 2.28. The van der Waals surface area contributed by atoms with Crippen LogP contribution in [0.4, 0.5) is 13.2 Å². The third-order valence-electron chi connectivity index (χ3n) is 4.21. The topological polar surface area (TPSA) is 112 Å². The molecule has 3 N–H and O–H groups in total. The Morgan fingerprint density at radius 2 is 1.81 bits per heavy atom. The molecule has 0 aliphatic rings. The van der Waals surface area contributed by atoms with Crippen molar-refractivity contribution in [1.29, 1.82) is 0 Å². The van der Waals surface area contributed by atoms with Crippen molar-refractivity contribution in [2.75, 3.05) is 6.54 Å². The smallest absolute Gasteiger partial charge is 0.475 e. The molecule has 1 aromatic carbocycles. The maximum atomic E-state index is 12.2. The molecule has 168 valence electrons. The summed E-state index contributed by atoms with van der Waals surface area (Å²) in [6.07, 6.45) is -1.54. The van der Waals surface area contributed by atoms with Crippen LogP contribution in [0.25, 0.3) is 22.2 Å². The number of halogens is 3. The summed E-state index contributed by atoms with van der Waals surface area (Å²) >= 11 is 0. The van der Waals surface area contributed by atoms with Crippen LogP contribution in [0.5, 0.6) is 0 Å². The van der Waals surface area contributed by atoms with E-state index < -0.39 is 22.2 Å². The number of nitrogens with zero attached hydrogens (tertiary/aromatic N) is 1. The van der Waals surface area contributed by atoms with Gasteiger partial charge < -0.3 is 10.1 Å². The minimum atomic E-state index is -5.08. The monoisotopic (exact) mass is 457 g/mol. The van der Waals surface area contributed by atoms with Crippen LogP contribution in [0.1, 0.15) is 25.5 Å². The summed E-state index contributed by atoms with van der Waals surface area (Å²) in [5.74, 6) is -2.76. The number of alkyl halides is 3. The number of aryl methyl sites for hydroxylation is 1. The lowest BCUT2D eigenvalue weighted by molar-refractivity contribution is -0.192. The largest absolute Gasteiger partial charge is 0.490 e. The number of hydrogen-bond donors (Lipinski definition) is 3. The molecule has 0 radical (unpaired) electrons. The van der Waals surface area contributed by atoms with E-state index in [1.54, 1.807) is 18.3 Å². The number of carboxylic acid groups (broad SMARTS) is 1. The second-order valence-electron chi connectivity index (χ2n) is 6.65. The van der Waals surface area contributed by atoms with Crippen molar-refractivity contribution in [2.45, 2.75) is 37.8 Å². The maximum absolute atomic E-state index is 12.2. The van der Waals surface area contributed by atoms with Crippen molar-refractivity contribution in [2.24, 2.45) is 0 Å². The fraction of sp³-hybridized carbons (Fsp3) is 0.300. The van der Waals surface area contributed by atoms with Gasteiger partial charge in [-0.1, -0.05) is 25.5 Å². The van der Waals surface area contributed by atoms with Gasteiger partial charge in [-0.25, -0.2) is 22.9 Å². The lowest BCUT2D eigenvalue weighted by atomic mass is 10.0. The summed E-state index contributed by atoms with van der Waals surface area (Å²) in [7, 11) is -3.44. The van der Waals surface area contributed by atoms with Crippen LogP contribution in [-0.4, -0.2) is 42.2 Å². The van der Waals surface area contributed by atoms with E-state index in [1.165, 1.54) is 0 Å². The van der Waals surface area contributed by atoms with Gasteiger partial charge >= 0.3 is 12.1 Å². The number of fused-ring (bicyclic) bond motifs is 1. The number of carbonyl (C=O) groups is 1. The minimum Gasteiger partial charge on any atom is -0.475 e. The molecule has 0 aliphatic heterocycles. The molecule has 0 bridgehead atoms. The number of rotatable bonds is 6. The van der Waals surface area contributed by atoms with Gasteiger partial charge in [-0.15, -0.1) is 0 Å². The molecule has 0 aliphatic carbocycles. The van der Waals surface area contributed by atoms with Crippen LogP contribution in [0, 0.1) is 6.92 Å². The number of aliphatic carboxylic acids is 1. The van der Waals surface area contributed by atoms with Crippen LogP contribution >= 0.6 is 0 Å². The van der Waals surface area contributed by atoms with Gasteiger partial charge in [-0.05, 0) is 48.7 Å². The van der Waals surface area contributed by atoms with Crippen molar-refractivity contribution in [3.63, 3.8) is 0 Å². The number of aromatic amines is 1.